The van der Waals surface area contributed by atoms with E-state index in [0.29, 0.717) is 17.5 Å². The maximum absolute atomic E-state index is 12.5. The summed E-state index contributed by atoms with van der Waals surface area (Å²) in [5.74, 6) is 1.41. The SMILES string of the molecule is CC(C)=CCC[C@H](C)CN1CCC(n2nccc2NC(=O)c2ccccc2)CC1. The topological polar surface area (TPSA) is 50.2 Å². The fourth-order valence-corrected chi connectivity index (χ4v) is 4.02. The van der Waals surface area contributed by atoms with Crippen molar-refractivity contribution in [1.29, 1.82) is 0 Å². The van der Waals surface area contributed by atoms with E-state index in [2.05, 4.69) is 42.2 Å². The second kappa shape index (κ2) is 10.4. The molecule has 0 bridgehead atoms. The van der Waals surface area contributed by atoms with E-state index in [1.165, 1.54) is 25.0 Å². The number of allylic oxidation sites excluding steroid dienone is 2. The minimum atomic E-state index is -0.0880. The standard InChI is InChI=1S/C24H34N4O/c1-19(2)8-7-9-20(3)18-27-16-13-22(14-17-27)28-23(12-15-25-28)26-24(29)21-10-5-4-6-11-21/h4-6,8,10-12,15,20,22H,7,9,13-14,16-18H2,1-3H3,(H,26,29)/t20-/m0/s1. The van der Waals surface area contributed by atoms with Crippen LogP contribution in [0.3, 0.4) is 0 Å². The minimum absolute atomic E-state index is 0.0880. The Morgan fingerprint density at radius 2 is 1.93 bits per heavy atom. The summed E-state index contributed by atoms with van der Waals surface area (Å²) >= 11 is 0. The average Bonchev–Trinajstić information content (AvgIpc) is 3.17. The van der Waals surface area contributed by atoms with Gasteiger partial charge < -0.3 is 10.2 Å². The van der Waals surface area contributed by atoms with Gasteiger partial charge in [-0.2, -0.15) is 5.10 Å². The van der Waals surface area contributed by atoms with Crippen LogP contribution in [0.5, 0.6) is 0 Å². The summed E-state index contributed by atoms with van der Waals surface area (Å²) < 4.78 is 2.00. The minimum Gasteiger partial charge on any atom is -0.307 e. The number of carbonyl (C=O) groups excluding carboxylic acids is 1. The number of benzene rings is 1. The Morgan fingerprint density at radius 3 is 2.62 bits per heavy atom. The Balaban J connectivity index is 1.50. The van der Waals surface area contributed by atoms with Gasteiger partial charge in [0.15, 0.2) is 0 Å². The zero-order valence-corrected chi connectivity index (χ0v) is 18.0. The molecule has 3 rings (SSSR count). The Morgan fingerprint density at radius 1 is 1.21 bits per heavy atom. The molecule has 0 unspecified atom stereocenters. The van der Waals surface area contributed by atoms with Gasteiger partial charge in [0.25, 0.3) is 5.91 Å². The molecule has 0 spiro atoms. The lowest BCUT2D eigenvalue weighted by molar-refractivity contribution is 0.102. The third kappa shape index (κ3) is 6.29. The second-order valence-corrected chi connectivity index (χ2v) is 8.48. The van der Waals surface area contributed by atoms with Gasteiger partial charge in [0, 0.05) is 31.3 Å². The van der Waals surface area contributed by atoms with E-state index in [4.69, 9.17) is 0 Å². The first-order chi connectivity index (χ1) is 14.0. The maximum atomic E-state index is 12.5. The van der Waals surface area contributed by atoms with E-state index in [-0.39, 0.29) is 5.91 Å². The summed E-state index contributed by atoms with van der Waals surface area (Å²) in [6.45, 7) is 10.0. The molecule has 1 aromatic heterocycles. The predicted molar refractivity (Wildman–Crippen MR) is 119 cm³/mol. The first kappa shape index (κ1) is 21.3. The molecule has 1 aromatic carbocycles. The molecule has 29 heavy (non-hydrogen) atoms. The number of anilines is 1. The number of nitrogens with zero attached hydrogens (tertiary/aromatic N) is 3. The van der Waals surface area contributed by atoms with Crippen LogP contribution in [0.1, 0.15) is 62.9 Å². The van der Waals surface area contributed by atoms with Crippen LogP contribution in [-0.4, -0.2) is 40.2 Å². The van der Waals surface area contributed by atoms with Crippen LogP contribution >= 0.6 is 0 Å². The molecule has 1 amide bonds. The number of rotatable bonds is 8. The molecule has 156 valence electrons. The number of aromatic nitrogens is 2. The lowest BCUT2D eigenvalue weighted by Crippen LogP contribution is -2.37. The molecule has 1 saturated heterocycles. The number of hydrogen-bond donors (Lipinski definition) is 1. The normalized spacial score (nSPS) is 16.4. The number of carbonyl (C=O) groups is 1. The highest BCUT2D eigenvalue weighted by Crippen LogP contribution is 2.26. The van der Waals surface area contributed by atoms with Gasteiger partial charge in [-0.1, -0.05) is 36.8 Å². The Kier molecular flexibility index (Phi) is 7.64. The molecule has 5 heteroatoms. The number of amides is 1. The van der Waals surface area contributed by atoms with E-state index in [1.807, 2.05) is 41.1 Å². The van der Waals surface area contributed by atoms with Gasteiger partial charge in [-0.05, 0) is 57.6 Å². The molecule has 5 nitrogen and oxygen atoms in total. The number of nitrogens with one attached hydrogen (secondary N) is 1. The summed E-state index contributed by atoms with van der Waals surface area (Å²) in [6, 6.07) is 11.6. The van der Waals surface area contributed by atoms with Crippen molar-refractivity contribution < 1.29 is 4.79 Å². The van der Waals surface area contributed by atoms with Crippen molar-refractivity contribution in [3.8, 4) is 0 Å². The van der Waals surface area contributed by atoms with Crippen molar-refractivity contribution in [2.24, 2.45) is 5.92 Å². The van der Waals surface area contributed by atoms with Crippen molar-refractivity contribution >= 4 is 11.7 Å². The van der Waals surface area contributed by atoms with Crippen molar-refractivity contribution in [2.45, 2.75) is 52.5 Å². The molecule has 2 heterocycles. The third-order valence-electron chi connectivity index (χ3n) is 5.63. The summed E-state index contributed by atoms with van der Waals surface area (Å²) in [5, 5.41) is 7.53. The van der Waals surface area contributed by atoms with Crippen molar-refractivity contribution in [1.82, 2.24) is 14.7 Å². The Bertz CT molecular complexity index is 799. The van der Waals surface area contributed by atoms with E-state index in [1.54, 1.807) is 6.20 Å². The highest BCUT2D eigenvalue weighted by atomic mass is 16.1. The number of hydrogen-bond acceptors (Lipinski definition) is 3. The highest BCUT2D eigenvalue weighted by molar-refractivity contribution is 6.03. The van der Waals surface area contributed by atoms with E-state index in [0.717, 1.165) is 31.7 Å². The Hall–Kier alpha value is -2.40. The Labute approximate surface area is 174 Å². The molecule has 0 saturated carbocycles. The fourth-order valence-electron chi connectivity index (χ4n) is 4.02. The first-order valence-corrected chi connectivity index (χ1v) is 10.8. The molecule has 1 fully saturated rings. The van der Waals surface area contributed by atoms with Crippen molar-refractivity contribution in [3.05, 3.63) is 59.8 Å². The van der Waals surface area contributed by atoms with Gasteiger partial charge in [-0.15, -0.1) is 0 Å². The van der Waals surface area contributed by atoms with Crippen LogP contribution in [0.15, 0.2) is 54.2 Å². The molecule has 1 N–H and O–H groups in total. The zero-order valence-electron chi connectivity index (χ0n) is 18.0. The second-order valence-electron chi connectivity index (χ2n) is 8.48. The van der Waals surface area contributed by atoms with Crippen LogP contribution in [0.2, 0.25) is 0 Å². The molecule has 2 aromatic rings. The summed E-state index contributed by atoms with van der Waals surface area (Å²) in [5.41, 5.74) is 2.07. The molecular formula is C24H34N4O. The quantitative estimate of drug-likeness (QED) is 0.630. The largest absolute Gasteiger partial charge is 0.307 e. The van der Waals surface area contributed by atoms with Crippen LogP contribution in [0.4, 0.5) is 5.82 Å². The highest BCUT2D eigenvalue weighted by Gasteiger charge is 2.24. The van der Waals surface area contributed by atoms with Gasteiger partial charge in [-0.25, -0.2) is 4.68 Å². The van der Waals surface area contributed by atoms with E-state index >= 15 is 0 Å². The van der Waals surface area contributed by atoms with E-state index in [9.17, 15) is 4.79 Å². The van der Waals surface area contributed by atoms with Gasteiger partial charge in [0.05, 0.1) is 12.2 Å². The molecule has 1 aliphatic heterocycles. The molecule has 1 aliphatic rings. The van der Waals surface area contributed by atoms with E-state index < -0.39 is 0 Å². The van der Waals surface area contributed by atoms with Crippen LogP contribution in [0, 0.1) is 5.92 Å². The monoisotopic (exact) mass is 394 g/mol. The van der Waals surface area contributed by atoms with Crippen LogP contribution in [0.25, 0.3) is 0 Å². The predicted octanol–water partition coefficient (Wildman–Crippen LogP) is 5.15. The lowest BCUT2D eigenvalue weighted by Gasteiger charge is -2.34. The van der Waals surface area contributed by atoms with Crippen LogP contribution < -0.4 is 5.32 Å². The third-order valence-corrected chi connectivity index (χ3v) is 5.63. The van der Waals surface area contributed by atoms with Crippen molar-refractivity contribution in [2.75, 3.05) is 25.0 Å². The summed E-state index contributed by atoms with van der Waals surface area (Å²) in [7, 11) is 0. The van der Waals surface area contributed by atoms with Crippen molar-refractivity contribution in [3.63, 3.8) is 0 Å². The molecule has 0 aliphatic carbocycles. The first-order valence-electron chi connectivity index (χ1n) is 10.8. The number of likely N-dealkylation sites (tertiary alicyclic amines) is 1. The summed E-state index contributed by atoms with van der Waals surface area (Å²) in [4.78, 5) is 15.1. The average molecular weight is 395 g/mol. The lowest BCUT2D eigenvalue weighted by atomic mass is 10.0. The fraction of sp³-hybridized carbons (Fsp3) is 0.500. The van der Waals surface area contributed by atoms with Gasteiger partial charge >= 0.3 is 0 Å². The van der Waals surface area contributed by atoms with Gasteiger partial charge in [0.2, 0.25) is 0 Å². The van der Waals surface area contributed by atoms with Crippen LogP contribution in [-0.2, 0) is 0 Å². The molecule has 1 atom stereocenters. The molecule has 0 radical (unpaired) electrons. The maximum Gasteiger partial charge on any atom is 0.256 e. The van der Waals surface area contributed by atoms with Gasteiger partial charge in [0.1, 0.15) is 5.82 Å². The number of piperidine rings is 1. The smallest absolute Gasteiger partial charge is 0.256 e. The summed E-state index contributed by atoms with van der Waals surface area (Å²) in [6.07, 6.45) is 8.68. The zero-order chi connectivity index (χ0) is 20.6. The molecular weight excluding hydrogens is 360 g/mol. The van der Waals surface area contributed by atoms with Gasteiger partial charge in [-0.3, -0.25) is 4.79 Å².